The molecule has 1 spiro atoms. The van der Waals surface area contributed by atoms with Gasteiger partial charge in [0.15, 0.2) is 0 Å². The normalized spacial score (nSPS) is 21.7. The van der Waals surface area contributed by atoms with E-state index in [0.717, 1.165) is 56.4 Å². The van der Waals surface area contributed by atoms with E-state index in [-0.39, 0.29) is 23.2 Å². The molecule has 4 nitrogen and oxygen atoms in total. The van der Waals surface area contributed by atoms with Gasteiger partial charge < -0.3 is 15.3 Å². The Labute approximate surface area is 187 Å². The molecule has 31 heavy (non-hydrogen) atoms. The number of hydrogen-bond acceptors (Lipinski definition) is 3. The van der Waals surface area contributed by atoms with Crippen LogP contribution in [0.4, 0.5) is 4.39 Å². The van der Waals surface area contributed by atoms with Crippen LogP contribution in [0.15, 0.2) is 18.2 Å². The van der Waals surface area contributed by atoms with Crippen LogP contribution in [0.2, 0.25) is 0 Å². The fraction of sp³-hybridized carbons (Fsp3) is 0.731. The van der Waals surface area contributed by atoms with Crippen LogP contribution in [0.3, 0.4) is 0 Å². The molecule has 1 saturated heterocycles. The lowest BCUT2D eigenvalue weighted by molar-refractivity contribution is -0.123. The molecule has 1 aliphatic carbocycles. The largest absolute Gasteiger partial charge is 0.390 e. The van der Waals surface area contributed by atoms with Gasteiger partial charge in [0.2, 0.25) is 5.91 Å². The van der Waals surface area contributed by atoms with Crippen molar-refractivity contribution >= 4 is 5.91 Å². The molecule has 0 saturated carbocycles. The molecule has 5 heteroatoms. The van der Waals surface area contributed by atoms with E-state index in [1.807, 2.05) is 6.07 Å². The highest BCUT2D eigenvalue weighted by atomic mass is 19.1. The maximum Gasteiger partial charge on any atom is 0.220 e. The summed E-state index contributed by atoms with van der Waals surface area (Å²) in [6.07, 6.45) is 5.87. The fourth-order valence-corrected chi connectivity index (χ4v) is 5.06. The number of aliphatic hydroxyl groups is 1. The Bertz CT molecular complexity index is 771. The molecule has 1 heterocycles. The zero-order valence-corrected chi connectivity index (χ0v) is 20.1. The molecule has 0 aromatic heterocycles. The Hall–Kier alpha value is -1.46. The molecule has 1 amide bonds. The number of carbonyl (C=O) groups excluding carboxylic acids is 1. The zero-order valence-electron chi connectivity index (χ0n) is 20.1. The van der Waals surface area contributed by atoms with E-state index in [1.165, 1.54) is 12.5 Å². The van der Waals surface area contributed by atoms with Crippen LogP contribution in [-0.2, 0) is 10.2 Å². The van der Waals surface area contributed by atoms with Crippen LogP contribution in [0.25, 0.3) is 0 Å². The molecule has 0 bridgehead atoms. The van der Waals surface area contributed by atoms with Crippen LogP contribution in [0, 0.1) is 11.2 Å². The Morgan fingerprint density at radius 2 is 1.84 bits per heavy atom. The van der Waals surface area contributed by atoms with Gasteiger partial charge in [0, 0.05) is 6.42 Å². The maximum atomic E-state index is 14.3. The number of halogens is 1. The first kappa shape index (κ1) is 24.2. The number of amides is 1. The summed E-state index contributed by atoms with van der Waals surface area (Å²) in [6, 6.07) is 5.04. The van der Waals surface area contributed by atoms with Gasteiger partial charge in [-0.15, -0.1) is 0 Å². The van der Waals surface area contributed by atoms with Gasteiger partial charge in [0.25, 0.3) is 0 Å². The average molecular weight is 433 g/mol. The number of likely N-dealkylation sites (tertiary alicyclic amines) is 1. The SMILES string of the molecule is CC(C)(C)CCN1CCC2(CC[C@H](NC(=O)CCC(C)(C)O)c3ccc(F)cc32)CC1. The second kappa shape index (κ2) is 9.19. The number of rotatable bonds is 6. The number of carbonyl (C=O) groups is 1. The zero-order chi connectivity index (χ0) is 22.9. The van der Waals surface area contributed by atoms with Crippen molar-refractivity contribution in [2.75, 3.05) is 19.6 Å². The van der Waals surface area contributed by atoms with Crippen LogP contribution < -0.4 is 5.32 Å². The van der Waals surface area contributed by atoms with Crippen molar-refractivity contribution in [1.82, 2.24) is 10.2 Å². The minimum atomic E-state index is -0.851. The third-order valence-corrected chi connectivity index (χ3v) is 7.16. The van der Waals surface area contributed by atoms with Crippen molar-refractivity contribution < 1.29 is 14.3 Å². The third-order valence-electron chi connectivity index (χ3n) is 7.16. The summed E-state index contributed by atoms with van der Waals surface area (Å²) >= 11 is 0. The molecule has 0 radical (unpaired) electrons. The van der Waals surface area contributed by atoms with E-state index in [9.17, 15) is 14.3 Å². The summed E-state index contributed by atoms with van der Waals surface area (Å²) in [5.74, 6) is -0.238. The van der Waals surface area contributed by atoms with Crippen molar-refractivity contribution in [2.24, 2.45) is 5.41 Å². The molecule has 3 rings (SSSR count). The molecular weight excluding hydrogens is 391 g/mol. The van der Waals surface area contributed by atoms with Gasteiger partial charge in [-0.05, 0) is 106 Å². The third kappa shape index (κ3) is 6.52. The number of benzene rings is 1. The van der Waals surface area contributed by atoms with Gasteiger partial charge in [-0.3, -0.25) is 4.79 Å². The standard InChI is InChI=1S/C26H41FN2O2/c1-24(2,3)12-15-29-16-13-26(14-17-29)11-8-22(20-7-6-19(27)18-21(20)26)28-23(30)9-10-25(4,5)31/h6-7,18,22,31H,8-17H2,1-5H3,(H,28,30)/t22-/m0/s1. The Kier molecular flexibility index (Phi) is 7.17. The lowest BCUT2D eigenvalue weighted by Gasteiger charge is -2.47. The monoisotopic (exact) mass is 432 g/mol. The van der Waals surface area contributed by atoms with Crippen LogP contribution in [0.5, 0.6) is 0 Å². The van der Waals surface area contributed by atoms with Crippen LogP contribution in [0.1, 0.15) is 96.7 Å². The summed E-state index contributed by atoms with van der Waals surface area (Å²) < 4.78 is 14.3. The highest BCUT2D eigenvalue weighted by Crippen LogP contribution is 2.48. The summed E-state index contributed by atoms with van der Waals surface area (Å²) in [5.41, 5.74) is 1.68. The lowest BCUT2D eigenvalue weighted by atomic mass is 9.63. The van der Waals surface area contributed by atoms with Crippen molar-refractivity contribution in [3.05, 3.63) is 35.1 Å². The minimum Gasteiger partial charge on any atom is -0.390 e. The minimum absolute atomic E-state index is 0.0178. The predicted octanol–water partition coefficient (Wildman–Crippen LogP) is 5.10. The predicted molar refractivity (Wildman–Crippen MR) is 123 cm³/mol. The molecule has 174 valence electrons. The molecule has 1 fully saturated rings. The Morgan fingerprint density at radius 1 is 1.16 bits per heavy atom. The van der Waals surface area contributed by atoms with E-state index in [4.69, 9.17) is 0 Å². The molecule has 1 atom stereocenters. The van der Waals surface area contributed by atoms with E-state index >= 15 is 0 Å². The maximum absolute atomic E-state index is 14.3. The van der Waals surface area contributed by atoms with E-state index in [0.29, 0.717) is 18.3 Å². The smallest absolute Gasteiger partial charge is 0.220 e. The molecule has 2 N–H and O–H groups in total. The van der Waals surface area contributed by atoms with E-state index < -0.39 is 5.60 Å². The number of fused-ring (bicyclic) bond motifs is 2. The number of nitrogens with one attached hydrogen (secondary N) is 1. The summed E-state index contributed by atoms with van der Waals surface area (Å²) in [6.45, 7) is 13.5. The van der Waals surface area contributed by atoms with Crippen molar-refractivity contribution in [3.63, 3.8) is 0 Å². The van der Waals surface area contributed by atoms with Crippen molar-refractivity contribution in [3.8, 4) is 0 Å². The first-order valence-electron chi connectivity index (χ1n) is 11.9. The summed E-state index contributed by atoms with van der Waals surface area (Å²) in [5, 5.41) is 13.1. The first-order chi connectivity index (χ1) is 14.4. The Morgan fingerprint density at radius 3 is 2.45 bits per heavy atom. The van der Waals surface area contributed by atoms with Crippen LogP contribution >= 0.6 is 0 Å². The topological polar surface area (TPSA) is 52.6 Å². The van der Waals surface area contributed by atoms with Gasteiger partial charge in [-0.1, -0.05) is 26.8 Å². The molecule has 1 aromatic carbocycles. The number of hydrogen-bond donors (Lipinski definition) is 2. The first-order valence-corrected chi connectivity index (χ1v) is 11.9. The Balaban J connectivity index is 1.70. The molecule has 0 unspecified atom stereocenters. The van der Waals surface area contributed by atoms with Gasteiger partial charge in [0.05, 0.1) is 11.6 Å². The lowest BCUT2D eigenvalue weighted by Crippen LogP contribution is -2.47. The molecule has 1 aromatic rings. The fourth-order valence-electron chi connectivity index (χ4n) is 5.06. The van der Waals surface area contributed by atoms with Crippen molar-refractivity contribution in [1.29, 1.82) is 0 Å². The highest BCUT2D eigenvalue weighted by Gasteiger charge is 2.42. The summed E-state index contributed by atoms with van der Waals surface area (Å²) in [4.78, 5) is 15.1. The second-order valence-electron chi connectivity index (χ2n) is 11.6. The molecule has 1 aliphatic heterocycles. The number of piperidine rings is 1. The van der Waals surface area contributed by atoms with Gasteiger partial charge in [-0.2, -0.15) is 0 Å². The highest BCUT2D eigenvalue weighted by molar-refractivity contribution is 5.76. The van der Waals surface area contributed by atoms with Gasteiger partial charge >= 0.3 is 0 Å². The van der Waals surface area contributed by atoms with Gasteiger partial charge in [0.1, 0.15) is 5.82 Å². The molecular formula is C26H41FN2O2. The number of nitrogens with zero attached hydrogens (tertiary/aromatic N) is 1. The quantitative estimate of drug-likeness (QED) is 0.658. The van der Waals surface area contributed by atoms with E-state index in [2.05, 4.69) is 31.0 Å². The van der Waals surface area contributed by atoms with Crippen LogP contribution in [-0.4, -0.2) is 41.1 Å². The average Bonchev–Trinajstić information content (AvgIpc) is 2.67. The van der Waals surface area contributed by atoms with Gasteiger partial charge in [-0.25, -0.2) is 4.39 Å². The van der Waals surface area contributed by atoms with Crippen molar-refractivity contribution in [2.45, 2.75) is 96.6 Å². The molecule has 2 aliphatic rings. The summed E-state index contributed by atoms with van der Waals surface area (Å²) in [7, 11) is 0. The second-order valence-corrected chi connectivity index (χ2v) is 11.6. The van der Waals surface area contributed by atoms with E-state index in [1.54, 1.807) is 19.9 Å².